The van der Waals surface area contributed by atoms with Gasteiger partial charge in [-0.2, -0.15) is 0 Å². The lowest BCUT2D eigenvalue weighted by molar-refractivity contribution is 0.238. The molecule has 0 saturated carbocycles. The van der Waals surface area contributed by atoms with Crippen molar-refractivity contribution in [1.29, 1.82) is 0 Å². The van der Waals surface area contributed by atoms with Crippen molar-refractivity contribution in [3.8, 4) is 17.2 Å². The van der Waals surface area contributed by atoms with Crippen LogP contribution in [0.2, 0.25) is 5.02 Å². The Balaban J connectivity index is 1.33. The Kier molecular flexibility index (Phi) is 8.45. The van der Waals surface area contributed by atoms with Crippen molar-refractivity contribution in [3.63, 3.8) is 0 Å². The minimum atomic E-state index is -0.312. The molecule has 0 radical (unpaired) electrons. The highest BCUT2D eigenvalue weighted by molar-refractivity contribution is 6.31. The smallest absolute Gasteiger partial charge is 0.319 e. The number of carbonyl (C=O) groups excluding carboxylic acids is 1. The van der Waals surface area contributed by atoms with Crippen LogP contribution in [0.25, 0.3) is 0 Å². The molecule has 1 saturated heterocycles. The summed E-state index contributed by atoms with van der Waals surface area (Å²) in [6, 6.07) is 12.7. The molecule has 4 rings (SSSR count). The van der Waals surface area contributed by atoms with Crippen LogP contribution in [-0.4, -0.2) is 42.2 Å². The first kappa shape index (κ1) is 24.8. The average molecular weight is 495 g/mol. The van der Waals surface area contributed by atoms with Gasteiger partial charge in [-0.25, -0.2) is 4.79 Å². The maximum absolute atomic E-state index is 12.7. The molecule has 1 aliphatic heterocycles. The molecule has 2 aromatic carbocycles. The van der Waals surface area contributed by atoms with Crippen molar-refractivity contribution in [3.05, 3.63) is 76.6 Å². The first-order valence-electron chi connectivity index (χ1n) is 11.9. The third-order valence-electron chi connectivity index (χ3n) is 6.01. The number of likely N-dealkylation sites (tertiary alicyclic amines) is 1. The largest absolute Gasteiger partial charge is 0.490 e. The third-order valence-corrected chi connectivity index (χ3v) is 6.42. The number of anilines is 1. The van der Waals surface area contributed by atoms with Gasteiger partial charge in [0.05, 0.1) is 5.69 Å². The maximum Gasteiger partial charge on any atom is 0.319 e. The zero-order valence-electron chi connectivity index (χ0n) is 20.1. The third kappa shape index (κ3) is 7.10. The number of hydrogen-bond acceptors (Lipinski definition) is 5. The normalized spacial score (nSPS) is 13.5. The molecule has 1 aromatic heterocycles. The Hall–Kier alpha value is -3.29. The van der Waals surface area contributed by atoms with Crippen molar-refractivity contribution in [1.82, 2.24) is 15.2 Å². The lowest BCUT2D eigenvalue weighted by atomic mass is 10.1. The summed E-state index contributed by atoms with van der Waals surface area (Å²) < 4.78 is 11.8. The van der Waals surface area contributed by atoms with E-state index in [1.54, 1.807) is 30.6 Å². The number of ether oxygens (including phenoxy) is 2. The topological polar surface area (TPSA) is 75.7 Å². The SMILES string of the molecule is Cc1cc(NC(=O)NCc2ccc(Oc3ccncc3)cc2C)c(OCCN2CCCC2)cc1Cl. The van der Waals surface area contributed by atoms with Crippen LogP contribution in [0.5, 0.6) is 17.2 Å². The Morgan fingerprint density at radius 1 is 1.03 bits per heavy atom. The predicted octanol–water partition coefficient (Wildman–Crippen LogP) is 5.94. The van der Waals surface area contributed by atoms with Crippen LogP contribution >= 0.6 is 11.6 Å². The number of amides is 2. The molecule has 2 amide bonds. The van der Waals surface area contributed by atoms with Crippen LogP contribution in [0.15, 0.2) is 54.9 Å². The molecule has 0 bridgehead atoms. The molecule has 8 heteroatoms. The van der Waals surface area contributed by atoms with Crippen LogP contribution in [0.3, 0.4) is 0 Å². The van der Waals surface area contributed by atoms with E-state index >= 15 is 0 Å². The van der Waals surface area contributed by atoms with Crippen molar-refractivity contribution >= 4 is 23.3 Å². The molecule has 3 aromatic rings. The van der Waals surface area contributed by atoms with E-state index in [1.807, 2.05) is 38.1 Å². The van der Waals surface area contributed by atoms with Crippen LogP contribution < -0.4 is 20.1 Å². The Morgan fingerprint density at radius 3 is 2.54 bits per heavy atom. The summed E-state index contributed by atoms with van der Waals surface area (Å²) in [4.78, 5) is 19.1. The second-order valence-corrected chi connectivity index (χ2v) is 9.08. The monoisotopic (exact) mass is 494 g/mol. The van der Waals surface area contributed by atoms with E-state index in [-0.39, 0.29) is 6.03 Å². The molecule has 0 unspecified atom stereocenters. The highest BCUT2D eigenvalue weighted by Gasteiger charge is 2.14. The molecule has 35 heavy (non-hydrogen) atoms. The summed E-state index contributed by atoms with van der Waals surface area (Å²) in [5.41, 5.74) is 3.49. The number of carbonyl (C=O) groups is 1. The minimum Gasteiger partial charge on any atom is -0.490 e. The molecule has 2 N–H and O–H groups in total. The summed E-state index contributed by atoms with van der Waals surface area (Å²) in [6.07, 6.45) is 5.85. The molecule has 7 nitrogen and oxygen atoms in total. The predicted molar refractivity (Wildman–Crippen MR) is 139 cm³/mol. The van der Waals surface area contributed by atoms with Gasteiger partial charge in [0, 0.05) is 36.6 Å². The standard InChI is InChI=1S/C27H31ClN4O3/c1-19-15-23(35-22-7-9-29-10-8-22)6-5-21(19)18-30-27(33)31-25-16-20(2)24(28)17-26(25)34-14-13-32-11-3-4-12-32/h5-10,15-17H,3-4,11-14,18H2,1-2H3,(H2,30,31,33). The molecule has 0 atom stereocenters. The lowest BCUT2D eigenvalue weighted by Crippen LogP contribution is -2.29. The van der Waals surface area contributed by atoms with E-state index < -0.39 is 0 Å². The number of pyridine rings is 1. The molecule has 1 aliphatic rings. The molecule has 0 spiro atoms. The average Bonchev–Trinajstić information content (AvgIpc) is 3.36. The van der Waals surface area contributed by atoms with Crippen LogP contribution in [-0.2, 0) is 6.54 Å². The van der Waals surface area contributed by atoms with Gasteiger partial charge in [0.1, 0.15) is 23.9 Å². The van der Waals surface area contributed by atoms with Crippen molar-refractivity contribution in [2.45, 2.75) is 33.2 Å². The molecule has 0 aliphatic carbocycles. The lowest BCUT2D eigenvalue weighted by Gasteiger charge is -2.18. The van der Waals surface area contributed by atoms with Gasteiger partial charge in [0.25, 0.3) is 0 Å². The zero-order chi connectivity index (χ0) is 24.6. The van der Waals surface area contributed by atoms with Crippen LogP contribution in [0.1, 0.15) is 29.5 Å². The zero-order valence-corrected chi connectivity index (χ0v) is 20.9. The van der Waals surface area contributed by atoms with Gasteiger partial charge in [0.15, 0.2) is 0 Å². The van der Waals surface area contributed by atoms with E-state index in [1.165, 1.54) is 12.8 Å². The van der Waals surface area contributed by atoms with E-state index in [2.05, 4.69) is 20.5 Å². The number of aryl methyl sites for hydroxylation is 2. The van der Waals surface area contributed by atoms with Gasteiger partial charge in [-0.05, 0) is 86.8 Å². The van der Waals surface area contributed by atoms with E-state index in [0.717, 1.165) is 47.8 Å². The van der Waals surface area contributed by atoms with E-state index in [4.69, 9.17) is 21.1 Å². The van der Waals surface area contributed by atoms with Crippen LogP contribution in [0.4, 0.5) is 10.5 Å². The number of urea groups is 1. The van der Waals surface area contributed by atoms with Crippen molar-refractivity contribution in [2.24, 2.45) is 0 Å². The molecular weight excluding hydrogens is 464 g/mol. The van der Waals surface area contributed by atoms with E-state index in [0.29, 0.717) is 29.6 Å². The Labute approximate surface area is 211 Å². The number of nitrogens with one attached hydrogen (secondary N) is 2. The van der Waals surface area contributed by atoms with Crippen molar-refractivity contribution < 1.29 is 14.3 Å². The summed E-state index contributed by atoms with van der Waals surface area (Å²) in [7, 11) is 0. The number of halogens is 1. The van der Waals surface area contributed by atoms with Gasteiger partial charge in [0.2, 0.25) is 0 Å². The van der Waals surface area contributed by atoms with E-state index in [9.17, 15) is 4.79 Å². The first-order valence-corrected chi connectivity index (χ1v) is 12.2. The quantitative estimate of drug-likeness (QED) is 0.385. The maximum atomic E-state index is 12.7. The van der Waals surface area contributed by atoms with Crippen molar-refractivity contribution in [2.75, 3.05) is 31.6 Å². The fraction of sp³-hybridized carbons (Fsp3) is 0.333. The number of nitrogens with zero attached hydrogens (tertiary/aromatic N) is 2. The number of benzene rings is 2. The highest BCUT2D eigenvalue weighted by atomic mass is 35.5. The summed E-state index contributed by atoms with van der Waals surface area (Å²) in [5, 5.41) is 6.44. The van der Waals surface area contributed by atoms with Gasteiger partial charge in [-0.3, -0.25) is 9.88 Å². The van der Waals surface area contributed by atoms with Crippen LogP contribution in [0, 0.1) is 13.8 Å². The fourth-order valence-electron chi connectivity index (χ4n) is 3.99. The highest BCUT2D eigenvalue weighted by Crippen LogP contribution is 2.31. The molecule has 1 fully saturated rings. The Bertz CT molecular complexity index is 1150. The van der Waals surface area contributed by atoms with Gasteiger partial charge in [-0.1, -0.05) is 17.7 Å². The number of hydrogen-bond donors (Lipinski definition) is 2. The number of aromatic nitrogens is 1. The van der Waals surface area contributed by atoms with Gasteiger partial charge < -0.3 is 20.1 Å². The Morgan fingerprint density at radius 2 is 1.80 bits per heavy atom. The molecule has 184 valence electrons. The summed E-state index contributed by atoms with van der Waals surface area (Å²) in [5.74, 6) is 2.03. The molecular formula is C27H31ClN4O3. The van der Waals surface area contributed by atoms with Gasteiger partial charge in [-0.15, -0.1) is 0 Å². The summed E-state index contributed by atoms with van der Waals surface area (Å²) >= 11 is 6.32. The second-order valence-electron chi connectivity index (χ2n) is 8.68. The minimum absolute atomic E-state index is 0.312. The molecule has 2 heterocycles. The first-order chi connectivity index (χ1) is 17.0. The van der Waals surface area contributed by atoms with Gasteiger partial charge >= 0.3 is 6.03 Å². The second kappa shape index (κ2) is 11.9. The fourth-order valence-corrected chi connectivity index (χ4v) is 4.14. The summed E-state index contributed by atoms with van der Waals surface area (Å²) in [6.45, 7) is 7.90. The number of rotatable bonds is 9.